The van der Waals surface area contributed by atoms with Crippen LogP contribution in [0.25, 0.3) is 0 Å². The molecule has 0 heterocycles. The number of nitrogens with one attached hydrogen (secondary N) is 1. The van der Waals surface area contributed by atoms with Crippen LogP contribution in [0.3, 0.4) is 0 Å². The molecule has 1 N–H and O–H groups in total. The summed E-state index contributed by atoms with van der Waals surface area (Å²) in [5, 5.41) is 3.41. The Kier molecular flexibility index (Phi) is 10.3. The number of nitrogens with zero attached hydrogens (tertiary/aromatic N) is 2. The molecule has 2 amide bonds. The largest absolute Gasteiger partial charge is 0.493 e. The minimum Gasteiger partial charge on any atom is -0.493 e. The third-order valence-electron chi connectivity index (χ3n) is 5.32. The first-order chi connectivity index (χ1) is 16.8. The summed E-state index contributed by atoms with van der Waals surface area (Å²) in [6.07, 6.45) is 0.987. The number of hydrogen-bond acceptors (Lipinski definition) is 6. The van der Waals surface area contributed by atoms with Gasteiger partial charge in [-0.25, -0.2) is 8.42 Å². The molecule has 1 atom stereocenters. The summed E-state index contributed by atoms with van der Waals surface area (Å²) in [6, 6.07) is 8.29. The van der Waals surface area contributed by atoms with Crippen molar-refractivity contribution in [1.29, 1.82) is 0 Å². The van der Waals surface area contributed by atoms with Crippen molar-refractivity contribution >= 4 is 50.7 Å². The van der Waals surface area contributed by atoms with E-state index in [-0.39, 0.29) is 18.3 Å². The van der Waals surface area contributed by atoms with Crippen molar-refractivity contribution in [1.82, 2.24) is 10.2 Å². The van der Waals surface area contributed by atoms with Gasteiger partial charge in [-0.15, -0.1) is 0 Å². The van der Waals surface area contributed by atoms with Crippen molar-refractivity contribution < 1.29 is 27.5 Å². The molecule has 0 aromatic heterocycles. The number of carbonyl (C=O) groups is 2. The number of anilines is 1. The highest BCUT2D eigenvalue weighted by molar-refractivity contribution is 7.92. The van der Waals surface area contributed by atoms with Gasteiger partial charge in [0.2, 0.25) is 21.8 Å². The molecule has 0 radical (unpaired) electrons. The Labute approximate surface area is 222 Å². The minimum atomic E-state index is -3.91. The number of methoxy groups -OCH3 is 2. The van der Waals surface area contributed by atoms with E-state index < -0.39 is 34.4 Å². The zero-order chi connectivity index (χ0) is 27.2. The summed E-state index contributed by atoms with van der Waals surface area (Å²) in [7, 11) is -1.04. The number of amides is 2. The molecule has 2 aromatic carbocycles. The Hall–Kier alpha value is -2.69. The normalized spacial score (nSPS) is 12.1. The number of benzene rings is 2. The van der Waals surface area contributed by atoms with Crippen LogP contribution in [0.2, 0.25) is 10.0 Å². The summed E-state index contributed by atoms with van der Waals surface area (Å²) >= 11 is 12.7. The fourth-order valence-electron chi connectivity index (χ4n) is 3.44. The van der Waals surface area contributed by atoms with Crippen molar-refractivity contribution in [3.8, 4) is 11.5 Å². The van der Waals surface area contributed by atoms with Gasteiger partial charge in [0.25, 0.3) is 0 Å². The summed E-state index contributed by atoms with van der Waals surface area (Å²) in [4.78, 5) is 27.7. The van der Waals surface area contributed by atoms with Crippen LogP contribution in [0, 0.1) is 0 Å². The monoisotopic (exact) mass is 559 g/mol. The van der Waals surface area contributed by atoms with Crippen molar-refractivity contribution in [2.75, 3.05) is 31.3 Å². The van der Waals surface area contributed by atoms with E-state index in [9.17, 15) is 18.0 Å². The number of rotatable bonds is 11. The lowest BCUT2D eigenvalue weighted by atomic mass is 10.1. The first kappa shape index (κ1) is 29.5. The second kappa shape index (κ2) is 12.5. The van der Waals surface area contributed by atoms with E-state index in [1.165, 1.54) is 37.3 Å². The third-order valence-corrected chi connectivity index (χ3v) is 7.17. The van der Waals surface area contributed by atoms with E-state index in [2.05, 4.69) is 5.32 Å². The Balaban J connectivity index is 2.50. The zero-order valence-electron chi connectivity index (χ0n) is 21.0. The predicted octanol–water partition coefficient (Wildman–Crippen LogP) is 3.72. The number of carbonyl (C=O) groups excluding carboxylic acids is 2. The molecule has 0 unspecified atom stereocenters. The van der Waals surface area contributed by atoms with Crippen LogP contribution in [-0.4, -0.2) is 64.2 Å². The zero-order valence-corrected chi connectivity index (χ0v) is 23.4. The average Bonchev–Trinajstić information content (AvgIpc) is 2.80. The fraction of sp³-hybridized carbons (Fsp3) is 0.417. The molecular formula is C24H31Cl2N3O6S. The second-order valence-electron chi connectivity index (χ2n) is 8.37. The molecule has 0 spiro atoms. The molecule has 0 saturated carbocycles. The Bertz CT molecular complexity index is 1190. The molecule has 198 valence electrons. The summed E-state index contributed by atoms with van der Waals surface area (Å²) in [5.74, 6) is -0.341. The lowest BCUT2D eigenvalue weighted by Crippen LogP contribution is -2.52. The topological polar surface area (TPSA) is 105 Å². The lowest BCUT2D eigenvalue weighted by Gasteiger charge is -2.32. The van der Waals surface area contributed by atoms with Crippen LogP contribution in [0.1, 0.15) is 26.3 Å². The molecule has 0 fully saturated rings. The van der Waals surface area contributed by atoms with Gasteiger partial charge >= 0.3 is 0 Å². The molecule has 0 saturated heterocycles. The standard InChI is InChI=1S/C24H31Cl2N3O6S/c1-15(2)27-24(31)16(3)28(13-18-19(25)8-7-9-20(18)26)23(30)14-29(36(6,32)33)17-10-11-21(34-4)22(12-17)35-5/h7-12,15-16H,13-14H2,1-6H3,(H,27,31)/t16-/m1/s1. The van der Waals surface area contributed by atoms with Gasteiger partial charge in [-0.05, 0) is 45.0 Å². The Morgan fingerprint density at radius 2 is 1.58 bits per heavy atom. The van der Waals surface area contributed by atoms with E-state index in [0.717, 1.165) is 10.6 Å². The van der Waals surface area contributed by atoms with Crippen molar-refractivity contribution in [2.24, 2.45) is 0 Å². The molecule has 2 rings (SSSR count). The maximum atomic E-state index is 13.6. The minimum absolute atomic E-state index is 0.104. The molecule has 0 aliphatic rings. The molecule has 2 aromatic rings. The second-order valence-corrected chi connectivity index (χ2v) is 11.1. The SMILES string of the molecule is COc1ccc(N(CC(=O)N(Cc2c(Cl)cccc2Cl)[C@H](C)C(=O)NC(C)C)S(C)(=O)=O)cc1OC. The maximum Gasteiger partial charge on any atom is 0.244 e. The molecule has 12 heteroatoms. The van der Waals surface area contributed by atoms with Gasteiger partial charge in [-0.3, -0.25) is 13.9 Å². The van der Waals surface area contributed by atoms with Gasteiger partial charge in [-0.2, -0.15) is 0 Å². The number of ether oxygens (including phenoxy) is 2. The molecular weight excluding hydrogens is 529 g/mol. The molecule has 0 aliphatic heterocycles. The van der Waals surface area contributed by atoms with Gasteiger partial charge in [0.15, 0.2) is 11.5 Å². The summed E-state index contributed by atoms with van der Waals surface area (Å²) in [5.41, 5.74) is 0.633. The highest BCUT2D eigenvalue weighted by atomic mass is 35.5. The molecule has 36 heavy (non-hydrogen) atoms. The van der Waals surface area contributed by atoms with Crippen LogP contribution in [0.15, 0.2) is 36.4 Å². The first-order valence-electron chi connectivity index (χ1n) is 11.0. The smallest absolute Gasteiger partial charge is 0.244 e. The number of sulfonamides is 1. The van der Waals surface area contributed by atoms with Gasteiger partial charge in [0, 0.05) is 34.3 Å². The predicted molar refractivity (Wildman–Crippen MR) is 141 cm³/mol. The van der Waals surface area contributed by atoms with Gasteiger partial charge in [0.05, 0.1) is 26.2 Å². The maximum absolute atomic E-state index is 13.6. The molecule has 0 aliphatic carbocycles. The fourth-order valence-corrected chi connectivity index (χ4v) is 4.79. The van der Waals surface area contributed by atoms with Gasteiger partial charge in [0.1, 0.15) is 12.6 Å². The Morgan fingerprint density at radius 3 is 2.08 bits per heavy atom. The van der Waals surface area contributed by atoms with E-state index in [1.54, 1.807) is 39.0 Å². The van der Waals surface area contributed by atoms with Gasteiger partial charge < -0.3 is 19.7 Å². The highest BCUT2D eigenvalue weighted by Gasteiger charge is 2.31. The van der Waals surface area contributed by atoms with E-state index in [0.29, 0.717) is 27.1 Å². The summed E-state index contributed by atoms with van der Waals surface area (Å²) < 4.78 is 36.9. The van der Waals surface area contributed by atoms with Crippen molar-refractivity contribution in [2.45, 2.75) is 39.4 Å². The third kappa shape index (κ3) is 7.41. The van der Waals surface area contributed by atoms with Crippen LogP contribution < -0.4 is 19.1 Å². The van der Waals surface area contributed by atoms with Crippen molar-refractivity contribution in [3.05, 3.63) is 52.0 Å². The van der Waals surface area contributed by atoms with Crippen molar-refractivity contribution in [3.63, 3.8) is 0 Å². The highest BCUT2D eigenvalue weighted by Crippen LogP contribution is 2.33. The van der Waals surface area contributed by atoms with Crippen LogP contribution in [0.4, 0.5) is 5.69 Å². The van der Waals surface area contributed by atoms with E-state index in [4.69, 9.17) is 32.7 Å². The van der Waals surface area contributed by atoms with Crippen LogP contribution in [0.5, 0.6) is 11.5 Å². The Morgan fingerprint density at radius 1 is 1.00 bits per heavy atom. The first-order valence-corrected chi connectivity index (χ1v) is 13.6. The number of hydrogen-bond donors (Lipinski definition) is 1. The quantitative estimate of drug-likeness (QED) is 0.449. The molecule has 0 bridgehead atoms. The molecule has 9 nitrogen and oxygen atoms in total. The van der Waals surface area contributed by atoms with Crippen LogP contribution in [-0.2, 0) is 26.2 Å². The lowest BCUT2D eigenvalue weighted by molar-refractivity contribution is -0.139. The average molecular weight is 561 g/mol. The number of halogens is 2. The van der Waals surface area contributed by atoms with E-state index in [1.807, 2.05) is 0 Å². The van der Waals surface area contributed by atoms with Crippen LogP contribution >= 0.6 is 23.2 Å². The summed E-state index contributed by atoms with van der Waals surface area (Å²) in [6.45, 7) is 4.47. The van der Waals surface area contributed by atoms with Gasteiger partial charge in [-0.1, -0.05) is 29.3 Å². The van der Waals surface area contributed by atoms with E-state index >= 15 is 0 Å².